The number of anilines is 1. The summed E-state index contributed by atoms with van der Waals surface area (Å²) in [4.78, 5) is 28.5. The number of nitrogens with one attached hydrogen (secondary N) is 2. The number of carboxylic acids is 1. The molecule has 1 aliphatic rings. The number of piperidine rings is 1. The second-order valence-electron chi connectivity index (χ2n) is 5.33. The lowest BCUT2D eigenvalue weighted by Crippen LogP contribution is -2.36. The molecule has 0 saturated carbocycles. The fourth-order valence-corrected chi connectivity index (χ4v) is 2.36. The van der Waals surface area contributed by atoms with Gasteiger partial charge in [0.15, 0.2) is 0 Å². The van der Waals surface area contributed by atoms with Gasteiger partial charge < -0.3 is 20.6 Å². The quantitative estimate of drug-likeness (QED) is 0.737. The van der Waals surface area contributed by atoms with Gasteiger partial charge in [-0.15, -0.1) is 0 Å². The van der Waals surface area contributed by atoms with Crippen LogP contribution >= 0.6 is 0 Å². The van der Waals surface area contributed by atoms with Crippen LogP contribution in [0.25, 0.3) is 0 Å². The normalized spacial score (nSPS) is 14.5. The van der Waals surface area contributed by atoms with E-state index in [1.54, 1.807) is 6.20 Å². The molecule has 0 bridgehead atoms. The molecule has 0 aliphatic carbocycles. The van der Waals surface area contributed by atoms with Crippen molar-refractivity contribution in [3.63, 3.8) is 0 Å². The molecule has 1 aromatic rings. The summed E-state index contributed by atoms with van der Waals surface area (Å²) in [6.45, 7) is 2.59. The third-order valence-corrected chi connectivity index (χ3v) is 3.57. The summed E-state index contributed by atoms with van der Waals surface area (Å²) in [7, 11) is 0. The van der Waals surface area contributed by atoms with Gasteiger partial charge in [0.25, 0.3) is 0 Å². The van der Waals surface area contributed by atoms with Crippen molar-refractivity contribution in [2.45, 2.75) is 32.2 Å². The molecule has 1 saturated heterocycles. The van der Waals surface area contributed by atoms with Gasteiger partial charge >= 0.3 is 12.0 Å². The van der Waals surface area contributed by atoms with Gasteiger partial charge in [-0.25, -0.2) is 9.78 Å². The zero-order chi connectivity index (χ0) is 15.8. The number of carbonyl (C=O) groups is 2. The topological polar surface area (TPSA) is 94.6 Å². The molecule has 0 radical (unpaired) electrons. The smallest absolute Gasteiger partial charge is 0.315 e. The van der Waals surface area contributed by atoms with Gasteiger partial charge in [-0.3, -0.25) is 4.79 Å². The number of amides is 2. The Morgan fingerprint density at radius 3 is 2.59 bits per heavy atom. The molecule has 0 spiro atoms. The standard InChI is InChI=1S/C15H22N4O3/c20-14(21)6-7-16-15(22)18-11-12-4-5-13(17-10-12)19-8-2-1-3-9-19/h4-5,10H,1-3,6-9,11H2,(H,20,21)(H2,16,18,22). The van der Waals surface area contributed by atoms with E-state index in [-0.39, 0.29) is 19.0 Å². The summed E-state index contributed by atoms with van der Waals surface area (Å²) in [6.07, 6.45) is 5.39. The zero-order valence-corrected chi connectivity index (χ0v) is 12.5. The van der Waals surface area contributed by atoms with Gasteiger partial charge in [0.2, 0.25) is 0 Å². The van der Waals surface area contributed by atoms with Crippen molar-refractivity contribution in [2.75, 3.05) is 24.5 Å². The lowest BCUT2D eigenvalue weighted by Gasteiger charge is -2.27. The van der Waals surface area contributed by atoms with Gasteiger partial charge in [0, 0.05) is 32.4 Å². The number of nitrogens with zero attached hydrogens (tertiary/aromatic N) is 2. The maximum absolute atomic E-state index is 11.5. The molecule has 0 unspecified atom stereocenters. The van der Waals surface area contributed by atoms with Gasteiger partial charge in [0.05, 0.1) is 6.42 Å². The molecular formula is C15H22N4O3. The summed E-state index contributed by atoms with van der Waals surface area (Å²) in [5.74, 6) is 0.0483. The molecular weight excluding hydrogens is 284 g/mol. The Morgan fingerprint density at radius 1 is 1.18 bits per heavy atom. The van der Waals surface area contributed by atoms with Crippen LogP contribution in [0.3, 0.4) is 0 Å². The molecule has 0 aromatic carbocycles. The predicted molar refractivity (Wildman–Crippen MR) is 82.8 cm³/mol. The summed E-state index contributed by atoms with van der Waals surface area (Å²) in [5.41, 5.74) is 0.911. The molecule has 1 fully saturated rings. The van der Waals surface area contributed by atoms with Gasteiger partial charge in [-0.2, -0.15) is 0 Å². The lowest BCUT2D eigenvalue weighted by atomic mass is 10.1. The summed E-state index contributed by atoms with van der Waals surface area (Å²) < 4.78 is 0. The number of rotatable bonds is 6. The Hall–Kier alpha value is -2.31. The fraction of sp³-hybridized carbons (Fsp3) is 0.533. The van der Waals surface area contributed by atoms with Crippen LogP contribution in [0.1, 0.15) is 31.2 Å². The molecule has 3 N–H and O–H groups in total. The second-order valence-corrected chi connectivity index (χ2v) is 5.33. The van der Waals surface area contributed by atoms with Crippen molar-refractivity contribution in [3.8, 4) is 0 Å². The first-order chi connectivity index (χ1) is 10.6. The predicted octanol–water partition coefficient (Wildman–Crippen LogP) is 1.35. The molecule has 7 heteroatoms. The highest BCUT2D eigenvalue weighted by Crippen LogP contribution is 2.17. The van der Waals surface area contributed by atoms with E-state index >= 15 is 0 Å². The van der Waals surface area contributed by atoms with Crippen LogP contribution in [0.15, 0.2) is 18.3 Å². The van der Waals surface area contributed by atoms with E-state index in [9.17, 15) is 9.59 Å². The Labute approximate surface area is 129 Å². The molecule has 2 rings (SSSR count). The van der Waals surface area contributed by atoms with E-state index < -0.39 is 5.97 Å². The number of carbonyl (C=O) groups excluding carboxylic acids is 1. The highest BCUT2D eigenvalue weighted by molar-refractivity contribution is 5.74. The molecule has 2 heterocycles. The van der Waals surface area contributed by atoms with Crippen molar-refractivity contribution in [2.24, 2.45) is 0 Å². The van der Waals surface area contributed by atoms with E-state index in [4.69, 9.17) is 5.11 Å². The van der Waals surface area contributed by atoms with Crippen molar-refractivity contribution < 1.29 is 14.7 Å². The Bertz CT molecular complexity index is 498. The molecule has 22 heavy (non-hydrogen) atoms. The number of aromatic nitrogens is 1. The first-order valence-electron chi connectivity index (χ1n) is 7.58. The average molecular weight is 306 g/mol. The lowest BCUT2D eigenvalue weighted by molar-refractivity contribution is -0.136. The molecule has 1 aliphatic heterocycles. The van der Waals surface area contributed by atoms with Crippen LogP contribution in [-0.2, 0) is 11.3 Å². The van der Waals surface area contributed by atoms with Crippen LogP contribution in [0.4, 0.5) is 10.6 Å². The monoisotopic (exact) mass is 306 g/mol. The Balaban J connectivity index is 1.74. The number of carboxylic acid groups (broad SMARTS) is 1. The van der Waals surface area contributed by atoms with Gasteiger partial charge in [0.1, 0.15) is 5.82 Å². The first-order valence-corrected chi connectivity index (χ1v) is 7.58. The van der Waals surface area contributed by atoms with Crippen LogP contribution < -0.4 is 15.5 Å². The number of hydrogen-bond donors (Lipinski definition) is 3. The van der Waals surface area contributed by atoms with E-state index in [1.807, 2.05) is 12.1 Å². The van der Waals surface area contributed by atoms with Crippen molar-refractivity contribution >= 4 is 17.8 Å². The van der Waals surface area contributed by atoms with E-state index in [0.29, 0.717) is 6.54 Å². The SMILES string of the molecule is O=C(O)CCNC(=O)NCc1ccc(N2CCCCC2)nc1. The minimum Gasteiger partial charge on any atom is -0.481 e. The van der Waals surface area contributed by atoms with Crippen molar-refractivity contribution in [3.05, 3.63) is 23.9 Å². The second kappa shape index (κ2) is 8.21. The molecule has 0 atom stereocenters. The van der Waals surface area contributed by atoms with E-state index in [0.717, 1.165) is 24.5 Å². The average Bonchev–Trinajstić information content (AvgIpc) is 2.54. The van der Waals surface area contributed by atoms with Gasteiger partial charge in [-0.05, 0) is 30.9 Å². The number of hydrogen-bond acceptors (Lipinski definition) is 4. The minimum absolute atomic E-state index is 0.0838. The Morgan fingerprint density at radius 2 is 1.95 bits per heavy atom. The number of pyridine rings is 1. The van der Waals surface area contributed by atoms with Crippen molar-refractivity contribution in [1.82, 2.24) is 15.6 Å². The summed E-state index contributed by atoms with van der Waals surface area (Å²) in [5, 5.41) is 13.6. The highest BCUT2D eigenvalue weighted by Gasteiger charge is 2.11. The van der Waals surface area contributed by atoms with Crippen LogP contribution in [0, 0.1) is 0 Å². The maximum Gasteiger partial charge on any atom is 0.315 e. The van der Waals surface area contributed by atoms with E-state index in [1.165, 1.54) is 19.3 Å². The fourth-order valence-electron chi connectivity index (χ4n) is 2.36. The van der Waals surface area contributed by atoms with Gasteiger partial charge in [-0.1, -0.05) is 6.07 Å². The van der Waals surface area contributed by atoms with Crippen molar-refractivity contribution in [1.29, 1.82) is 0 Å². The van der Waals surface area contributed by atoms with Crippen LogP contribution in [0.2, 0.25) is 0 Å². The minimum atomic E-state index is -0.933. The highest BCUT2D eigenvalue weighted by atomic mass is 16.4. The molecule has 120 valence electrons. The third-order valence-electron chi connectivity index (χ3n) is 3.57. The van der Waals surface area contributed by atoms with Crippen LogP contribution in [-0.4, -0.2) is 41.7 Å². The molecule has 2 amide bonds. The summed E-state index contributed by atoms with van der Waals surface area (Å²) in [6, 6.07) is 3.56. The largest absolute Gasteiger partial charge is 0.481 e. The Kier molecular flexibility index (Phi) is 6.00. The zero-order valence-electron chi connectivity index (χ0n) is 12.5. The third kappa shape index (κ3) is 5.23. The first kappa shape index (κ1) is 16.1. The molecule has 7 nitrogen and oxygen atoms in total. The van der Waals surface area contributed by atoms with Crippen LogP contribution in [0.5, 0.6) is 0 Å². The maximum atomic E-state index is 11.5. The van der Waals surface area contributed by atoms with E-state index in [2.05, 4.69) is 20.5 Å². The molecule has 1 aromatic heterocycles. The number of urea groups is 1. The summed E-state index contributed by atoms with van der Waals surface area (Å²) >= 11 is 0. The number of aliphatic carboxylic acids is 1.